The number of carbonyl (C=O) groups is 1. The Kier molecular flexibility index (Phi) is 5.87. The summed E-state index contributed by atoms with van der Waals surface area (Å²) in [5.41, 5.74) is 9.99. The number of hydrogen-bond acceptors (Lipinski definition) is 4. The van der Waals surface area contributed by atoms with Crippen molar-refractivity contribution in [2.45, 2.75) is 39.7 Å². The van der Waals surface area contributed by atoms with Gasteiger partial charge in [0.05, 0.1) is 5.71 Å². The van der Waals surface area contributed by atoms with Gasteiger partial charge in [-0.1, -0.05) is 32.0 Å². The predicted molar refractivity (Wildman–Crippen MR) is 115 cm³/mol. The van der Waals surface area contributed by atoms with E-state index in [1.165, 1.54) is 0 Å². The minimum atomic E-state index is -0.421. The summed E-state index contributed by atoms with van der Waals surface area (Å²) in [5, 5.41) is 14.0. The Bertz CT molecular complexity index is 1020. The summed E-state index contributed by atoms with van der Waals surface area (Å²) < 4.78 is 0. The average molecular weight is 393 g/mol. The lowest BCUT2D eigenvalue weighted by Gasteiger charge is -2.31. The van der Waals surface area contributed by atoms with Crippen molar-refractivity contribution in [1.82, 2.24) is 10.3 Å². The standard InChI is InChI=1S/C22H27N5O2/c1-22(2)9-8-17(18(23)12-22)19(24)14-5-3-7-16(11-14)27-21(29)26-13-15-6-4-10-25-20(15)28/h3-7,10-11,24H,8-9,12-13,23H2,1-2H3,(H,25,28)(H2,26,27,29). The molecule has 1 aliphatic rings. The monoisotopic (exact) mass is 393 g/mol. The minimum Gasteiger partial charge on any atom is -0.402 e. The summed E-state index contributed by atoms with van der Waals surface area (Å²) in [4.78, 5) is 26.4. The molecular formula is C22H27N5O2. The summed E-state index contributed by atoms with van der Waals surface area (Å²) >= 11 is 0. The zero-order valence-corrected chi connectivity index (χ0v) is 16.8. The van der Waals surface area contributed by atoms with E-state index in [9.17, 15) is 9.59 Å². The number of H-pyrrole nitrogens is 1. The Labute approximate surface area is 169 Å². The van der Waals surface area contributed by atoms with E-state index in [2.05, 4.69) is 29.5 Å². The quantitative estimate of drug-likeness (QED) is 0.499. The van der Waals surface area contributed by atoms with Crippen molar-refractivity contribution in [3.8, 4) is 0 Å². The van der Waals surface area contributed by atoms with Gasteiger partial charge in [0.25, 0.3) is 5.56 Å². The number of rotatable bonds is 5. The molecule has 1 heterocycles. The van der Waals surface area contributed by atoms with Crippen molar-refractivity contribution >= 4 is 17.4 Å². The lowest BCUT2D eigenvalue weighted by molar-refractivity contribution is 0.251. The van der Waals surface area contributed by atoms with Crippen LogP contribution in [0.2, 0.25) is 0 Å². The van der Waals surface area contributed by atoms with Crippen molar-refractivity contribution < 1.29 is 4.79 Å². The summed E-state index contributed by atoms with van der Waals surface area (Å²) in [5.74, 6) is 0. The maximum absolute atomic E-state index is 12.2. The van der Waals surface area contributed by atoms with Gasteiger partial charge in [0, 0.05) is 35.3 Å². The summed E-state index contributed by atoms with van der Waals surface area (Å²) in [7, 11) is 0. The number of allylic oxidation sites excluding steroid dienone is 2. The molecule has 1 aliphatic carbocycles. The second-order valence-corrected chi connectivity index (χ2v) is 8.13. The number of nitrogens with one attached hydrogen (secondary N) is 4. The Morgan fingerprint density at radius 3 is 2.79 bits per heavy atom. The van der Waals surface area contributed by atoms with Crippen LogP contribution in [0.25, 0.3) is 0 Å². The average Bonchev–Trinajstić information content (AvgIpc) is 2.66. The molecule has 2 amide bonds. The first-order valence-electron chi connectivity index (χ1n) is 9.63. The number of pyridine rings is 1. The fourth-order valence-corrected chi connectivity index (χ4v) is 3.49. The molecule has 0 saturated carbocycles. The third-order valence-electron chi connectivity index (χ3n) is 5.16. The molecule has 0 fully saturated rings. The maximum atomic E-state index is 12.2. The van der Waals surface area contributed by atoms with Crippen molar-refractivity contribution in [2.24, 2.45) is 11.1 Å². The lowest BCUT2D eigenvalue weighted by atomic mass is 9.75. The fraction of sp³-hybridized carbons (Fsp3) is 0.318. The highest BCUT2D eigenvalue weighted by atomic mass is 16.2. The van der Waals surface area contributed by atoms with Crippen LogP contribution >= 0.6 is 0 Å². The minimum absolute atomic E-state index is 0.122. The van der Waals surface area contributed by atoms with Gasteiger partial charge in [-0.05, 0) is 48.4 Å². The number of anilines is 1. The molecule has 7 heteroatoms. The summed E-state index contributed by atoms with van der Waals surface area (Å²) in [6.07, 6.45) is 4.09. The highest BCUT2D eigenvalue weighted by Gasteiger charge is 2.27. The number of amides is 2. The van der Waals surface area contributed by atoms with E-state index < -0.39 is 6.03 Å². The first kappa shape index (κ1) is 20.4. The van der Waals surface area contributed by atoms with Crippen LogP contribution in [0.4, 0.5) is 10.5 Å². The van der Waals surface area contributed by atoms with Crippen LogP contribution in [-0.4, -0.2) is 16.7 Å². The van der Waals surface area contributed by atoms with Gasteiger partial charge in [-0.25, -0.2) is 4.79 Å². The van der Waals surface area contributed by atoms with Gasteiger partial charge in [-0.2, -0.15) is 0 Å². The number of nitrogens with two attached hydrogens (primary N) is 1. The van der Waals surface area contributed by atoms with Gasteiger partial charge in [-0.3, -0.25) is 10.2 Å². The summed E-state index contributed by atoms with van der Waals surface area (Å²) in [6.45, 7) is 4.50. The Morgan fingerprint density at radius 1 is 1.28 bits per heavy atom. The highest BCUT2D eigenvalue weighted by Crippen LogP contribution is 2.37. The Balaban J connectivity index is 1.66. The zero-order valence-electron chi connectivity index (χ0n) is 16.8. The molecule has 0 saturated heterocycles. The molecular weight excluding hydrogens is 366 g/mol. The number of carbonyl (C=O) groups excluding carboxylic acids is 1. The molecule has 0 bridgehead atoms. The van der Waals surface area contributed by atoms with Crippen LogP contribution in [0.1, 0.15) is 44.2 Å². The molecule has 7 nitrogen and oxygen atoms in total. The molecule has 0 unspecified atom stereocenters. The van der Waals surface area contributed by atoms with E-state index >= 15 is 0 Å². The smallest absolute Gasteiger partial charge is 0.319 e. The molecule has 0 aliphatic heterocycles. The van der Waals surface area contributed by atoms with Gasteiger partial charge in [-0.15, -0.1) is 0 Å². The number of benzene rings is 1. The Hall–Kier alpha value is -3.35. The first-order chi connectivity index (χ1) is 13.7. The molecule has 0 radical (unpaired) electrons. The number of urea groups is 1. The molecule has 1 aromatic heterocycles. The van der Waals surface area contributed by atoms with Gasteiger partial charge < -0.3 is 21.4 Å². The van der Waals surface area contributed by atoms with Crippen LogP contribution in [-0.2, 0) is 6.54 Å². The summed E-state index contributed by atoms with van der Waals surface area (Å²) in [6, 6.07) is 10.1. The van der Waals surface area contributed by atoms with Crippen molar-refractivity contribution in [3.05, 3.63) is 75.3 Å². The third kappa shape index (κ3) is 5.13. The molecule has 2 aromatic rings. The number of hydrogen-bond donors (Lipinski definition) is 5. The largest absolute Gasteiger partial charge is 0.402 e. The SMILES string of the molecule is CC1(C)CCC(C(=N)c2cccc(NC(=O)NCc3ccc[nH]c3=O)c2)=C(N)C1. The van der Waals surface area contributed by atoms with Crippen LogP contribution in [0.15, 0.2) is 58.7 Å². The molecule has 1 aromatic carbocycles. The second-order valence-electron chi connectivity index (χ2n) is 8.13. The molecule has 0 atom stereocenters. The van der Waals surface area contributed by atoms with Crippen molar-refractivity contribution in [2.75, 3.05) is 5.32 Å². The number of aromatic amines is 1. The first-order valence-corrected chi connectivity index (χ1v) is 9.63. The van der Waals surface area contributed by atoms with E-state index in [-0.39, 0.29) is 17.5 Å². The van der Waals surface area contributed by atoms with Gasteiger partial charge in [0.1, 0.15) is 0 Å². The van der Waals surface area contributed by atoms with Crippen LogP contribution < -0.4 is 21.9 Å². The van der Waals surface area contributed by atoms with E-state index in [0.29, 0.717) is 22.5 Å². The third-order valence-corrected chi connectivity index (χ3v) is 5.16. The molecule has 152 valence electrons. The normalized spacial score (nSPS) is 15.7. The highest BCUT2D eigenvalue weighted by molar-refractivity contribution is 6.11. The van der Waals surface area contributed by atoms with Crippen LogP contribution in [0, 0.1) is 10.8 Å². The van der Waals surface area contributed by atoms with E-state index in [1.54, 1.807) is 36.5 Å². The fourth-order valence-electron chi connectivity index (χ4n) is 3.49. The maximum Gasteiger partial charge on any atom is 0.319 e. The van der Waals surface area contributed by atoms with Crippen LogP contribution in [0.5, 0.6) is 0 Å². The Morgan fingerprint density at radius 2 is 2.07 bits per heavy atom. The predicted octanol–water partition coefficient (Wildman–Crippen LogP) is 3.49. The topological polar surface area (TPSA) is 124 Å². The molecule has 0 spiro atoms. The van der Waals surface area contributed by atoms with Crippen molar-refractivity contribution in [3.63, 3.8) is 0 Å². The van der Waals surface area contributed by atoms with E-state index in [0.717, 1.165) is 30.5 Å². The molecule has 6 N–H and O–H groups in total. The van der Waals surface area contributed by atoms with Gasteiger partial charge in [0.15, 0.2) is 0 Å². The van der Waals surface area contributed by atoms with Gasteiger partial charge >= 0.3 is 6.03 Å². The zero-order chi connectivity index (χ0) is 21.0. The van der Waals surface area contributed by atoms with E-state index in [1.807, 2.05) is 6.07 Å². The molecule has 3 rings (SSSR count). The second kappa shape index (κ2) is 8.34. The lowest BCUT2D eigenvalue weighted by Crippen LogP contribution is -2.30. The van der Waals surface area contributed by atoms with Gasteiger partial charge in [0.2, 0.25) is 0 Å². The molecule has 29 heavy (non-hydrogen) atoms. The van der Waals surface area contributed by atoms with Crippen molar-refractivity contribution in [1.29, 1.82) is 5.41 Å². The number of aromatic nitrogens is 1. The van der Waals surface area contributed by atoms with Crippen LogP contribution in [0.3, 0.4) is 0 Å². The van der Waals surface area contributed by atoms with E-state index in [4.69, 9.17) is 11.1 Å².